The van der Waals surface area contributed by atoms with E-state index >= 15 is 0 Å². The third-order valence-electron chi connectivity index (χ3n) is 4.47. The topological polar surface area (TPSA) is 70.9 Å². The van der Waals surface area contributed by atoms with Crippen LogP contribution in [0, 0.1) is 6.92 Å². The summed E-state index contributed by atoms with van der Waals surface area (Å²) in [5.74, 6) is -0.477. The van der Waals surface area contributed by atoms with Crippen molar-refractivity contribution < 1.29 is 22.8 Å². The van der Waals surface area contributed by atoms with E-state index in [1.165, 1.54) is 35.6 Å². The molecule has 0 fully saturated rings. The molecule has 7 nitrogen and oxygen atoms in total. The zero-order chi connectivity index (χ0) is 22.9. The number of carbonyl (C=O) groups is 1. The first-order valence-corrected chi connectivity index (χ1v) is 10.5. The zero-order valence-corrected chi connectivity index (χ0v) is 18.0. The molecule has 4 rings (SSSR count). The minimum Gasteiger partial charge on any atom is -0.244 e. The number of aryl methyl sites for hydroxylation is 1. The molecule has 3 aromatic rings. The number of carbonyl (C=O) groups excluding carboxylic acids is 1. The number of amides is 2. The van der Waals surface area contributed by atoms with Crippen LogP contribution in [0.3, 0.4) is 0 Å². The predicted molar refractivity (Wildman–Crippen MR) is 114 cm³/mol. The van der Waals surface area contributed by atoms with E-state index in [4.69, 9.17) is 11.6 Å². The SMILES string of the molecule is Cc1nnc(C2CN(C(=O)N(OC(F)(F)F)c3ccccc3)N=C2c2ccc(Cl)cc2)s1. The molecule has 1 unspecified atom stereocenters. The van der Waals surface area contributed by atoms with Gasteiger partial charge in [-0.2, -0.15) is 15.0 Å². The second kappa shape index (κ2) is 8.85. The van der Waals surface area contributed by atoms with Gasteiger partial charge in [0.1, 0.15) is 10.0 Å². The molecule has 1 atom stereocenters. The minimum absolute atomic E-state index is 0.0318. The highest BCUT2D eigenvalue weighted by molar-refractivity contribution is 7.11. The Kier molecular flexibility index (Phi) is 6.13. The van der Waals surface area contributed by atoms with Gasteiger partial charge in [0.05, 0.1) is 23.9 Å². The van der Waals surface area contributed by atoms with E-state index in [2.05, 4.69) is 20.1 Å². The summed E-state index contributed by atoms with van der Waals surface area (Å²) in [6.07, 6.45) is -5.08. The summed E-state index contributed by atoms with van der Waals surface area (Å²) in [6.45, 7) is 1.75. The van der Waals surface area contributed by atoms with Crippen molar-refractivity contribution in [2.75, 3.05) is 11.6 Å². The Morgan fingerprint density at radius 3 is 2.44 bits per heavy atom. The molecule has 0 spiro atoms. The van der Waals surface area contributed by atoms with Crippen LogP contribution in [0.4, 0.5) is 23.7 Å². The van der Waals surface area contributed by atoms with Crippen LogP contribution in [-0.2, 0) is 4.84 Å². The van der Waals surface area contributed by atoms with E-state index in [1.54, 1.807) is 37.3 Å². The predicted octanol–water partition coefficient (Wildman–Crippen LogP) is 5.38. The fourth-order valence-corrected chi connectivity index (χ4v) is 4.04. The third kappa shape index (κ3) is 4.90. The summed E-state index contributed by atoms with van der Waals surface area (Å²) in [4.78, 5) is 17.1. The Labute approximate surface area is 189 Å². The van der Waals surface area contributed by atoms with Gasteiger partial charge >= 0.3 is 12.4 Å². The number of hydrogen-bond donors (Lipinski definition) is 0. The Balaban J connectivity index is 1.71. The maximum Gasteiger partial charge on any atom is 0.544 e. The Hall–Kier alpha value is -3.02. The number of nitrogens with zero attached hydrogens (tertiary/aromatic N) is 5. The molecule has 1 aliphatic heterocycles. The lowest BCUT2D eigenvalue weighted by atomic mass is 9.98. The van der Waals surface area contributed by atoms with Crippen molar-refractivity contribution in [3.63, 3.8) is 0 Å². The molecule has 0 radical (unpaired) electrons. The summed E-state index contributed by atoms with van der Waals surface area (Å²) in [7, 11) is 0. The zero-order valence-electron chi connectivity index (χ0n) is 16.5. The van der Waals surface area contributed by atoms with Crippen molar-refractivity contribution in [2.45, 2.75) is 19.2 Å². The lowest BCUT2D eigenvalue weighted by Crippen LogP contribution is -2.43. The molecule has 0 saturated heterocycles. The van der Waals surface area contributed by atoms with Crippen molar-refractivity contribution in [2.24, 2.45) is 5.10 Å². The smallest absolute Gasteiger partial charge is 0.244 e. The molecular weight excluding hydrogens is 467 g/mol. The van der Waals surface area contributed by atoms with Gasteiger partial charge in [0, 0.05) is 5.02 Å². The first-order chi connectivity index (χ1) is 15.2. The molecule has 0 bridgehead atoms. The van der Waals surface area contributed by atoms with E-state index in [0.717, 1.165) is 5.01 Å². The highest BCUT2D eigenvalue weighted by atomic mass is 35.5. The Bertz CT molecular complexity index is 1140. The molecule has 0 aliphatic carbocycles. The van der Waals surface area contributed by atoms with E-state index in [9.17, 15) is 18.0 Å². The summed E-state index contributed by atoms with van der Waals surface area (Å²) in [5.41, 5.74) is 1.03. The second-order valence-electron chi connectivity index (χ2n) is 6.74. The second-order valence-corrected chi connectivity index (χ2v) is 8.39. The van der Waals surface area contributed by atoms with Gasteiger partial charge in [-0.15, -0.1) is 34.7 Å². The first-order valence-electron chi connectivity index (χ1n) is 9.28. The lowest BCUT2D eigenvalue weighted by Gasteiger charge is -2.25. The fraction of sp³-hybridized carbons (Fsp3) is 0.200. The quantitative estimate of drug-likeness (QED) is 0.469. The highest BCUT2D eigenvalue weighted by Crippen LogP contribution is 2.33. The molecule has 12 heteroatoms. The highest BCUT2D eigenvalue weighted by Gasteiger charge is 2.41. The molecule has 2 aromatic carbocycles. The lowest BCUT2D eigenvalue weighted by molar-refractivity contribution is -0.325. The molecular formula is C20H15ClF3N5O2S. The van der Waals surface area contributed by atoms with Gasteiger partial charge in [-0.05, 0) is 36.8 Å². The Morgan fingerprint density at radius 2 is 1.84 bits per heavy atom. The summed E-state index contributed by atoms with van der Waals surface area (Å²) in [5, 5.41) is 15.4. The molecule has 0 saturated carbocycles. The average Bonchev–Trinajstić information content (AvgIpc) is 3.38. The van der Waals surface area contributed by atoms with Crippen LogP contribution < -0.4 is 5.06 Å². The monoisotopic (exact) mass is 481 g/mol. The van der Waals surface area contributed by atoms with Gasteiger partial charge < -0.3 is 0 Å². The van der Waals surface area contributed by atoms with E-state index in [0.29, 0.717) is 26.3 Å². The van der Waals surface area contributed by atoms with Crippen molar-refractivity contribution in [1.82, 2.24) is 15.2 Å². The first kappa shape index (κ1) is 22.2. The van der Waals surface area contributed by atoms with Crippen molar-refractivity contribution in [3.05, 3.63) is 75.2 Å². The molecule has 2 amide bonds. The molecule has 1 aliphatic rings. The van der Waals surface area contributed by atoms with Crippen molar-refractivity contribution in [1.29, 1.82) is 0 Å². The normalized spacial score (nSPS) is 16.2. The van der Waals surface area contributed by atoms with Gasteiger partial charge in [-0.3, -0.25) is 0 Å². The van der Waals surface area contributed by atoms with Gasteiger partial charge in [0.15, 0.2) is 0 Å². The van der Waals surface area contributed by atoms with Crippen LogP contribution in [0.25, 0.3) is 0 Å². The number of para-hydroxylation sites is 1. The number of halogens is 4. The standard InChI is InChI=1S/C20H15ClF3N5O2S/c1-12-25-26-18(32-12)16-11-28(27-17(16)13-7-9-14(21)10-8-13)19(30)29(31-20(22,23)24)15-5-3-2-4-6-15/h2-10,16H,11H2,1H3. The molecule has 1 aromatic heterocycles. The third-order valence-corrected chi connectivity index (χ3v) is 5.68. The number of aromatic nitrogens is 2. The summed E-state index contributed by atoms with van der Waals surface area (Å²) < 4.78 is 39.2. The Morgan fingerprint density at radius 1 is 1.16 bits per heavy atom. The van der Waals surface area contributed by atoms with E-state index in [-0.39, 0.29) is 17.3 Å². The number of hydrogen-bond acceptors (Lipinski definition) is 6. The maximum absolute atomic E-state index is 13.1. The number of benzene rings is 2. The van der Waals surface area contributed by atoms with Crippen LogP contribution in [0.15, 0.2) is 59.7 Å². The van der Waals surface area contributed by atoms with Gasteiger partial charge in [0.25, 0.3) is 0 Å². The van der Waals surface area contributed by atoms with Gasteiger partial charge in [0.2, 0.25) is 0 Å². The number of hydrazone groups is 1. The number of anilines is 1. The van der Waals surface area contributed by atoms with E-state index in [1.807, 2.05) is 0 Å². The van der Waals surface area contributed by atoms with Crippen LogP contribution in [0.1, 0.15) is 21.5 Å². The molecule has 32 heavy (non-hydrogen) atoms. The number of urea groups is 1. The summed E-state index contributed by atoms with van der Waals surface area (Å²) in [6, 6.07) is 12.9. The largest absolute Gasteiger partial charge is 0.544 e. The maximum atomic E-state index is 13.1. The molecule has 2 heterocycles. The van der Waals surface area contributed by atoms with Crippen LogP contribution in [0.5, 0.6) is 0 Å². The summed E-state index contributed by atoms with van der Waals surface area (Å²) >= 11 is 7.29. The van der Waals surface area contributed by atoms with Crippen LogP contribution in [-0.4, -0.2) is 39.9 Å². The van der Waals surface area contributed by atoms with Gasteiger partial charge in [-0.25, -0.2) is 9.80 Å². The van der Waals surface area contributed by atoms with Crippen molar-refractivity contribution >= 4 is 40.4 Å². The number of hydroxylamine groups is 1. The molecule has 0 N–H and O–H groups in total. The molecule has 166 valence electrons. The van der Waals surface area contributed by atoms with Crippen LogP contribution in [0.2, 0.25) is 5.02 Å². The number of alkyl halides is 3. The van der Waals surface area contributed by atoms with Gasteiger partial charge in [-0.1, -0.05) is 41.9 Å². The number of rotatable bonds is 4. The van der Waals surface area contributed by atoms with E-state index < -0.39 is 18.3 Å². The van der Waals surface area contributed by atoms with Crippen molar-refractivity contribution in [3.8, 4) is 0 Å². The fourth-order valence-electron chi connectivity index (χ4n) is 3.12. The average molecular weight is 482 g/mol. The van der Waals surface area contributed by atoms with Crippen LogP contribution >= 0.6 is 22.9 Å². The minimum atomic E-state index is -5.08.